The van der Waals surface area contributed by atoms with Crippen molar-refractivity contribution >= 4 is 32.9 Å². The van der Waals surface area contributed by atoms with E-state index in [1.807, 2.05) is 13.8 Å². The first-order valence-electron chi connectivity index (χ1n) is 10.7. The van der Waals surface area contributed by atoms with Crippen LogP contribution in [0.3, 0.4) is 0 Å². The normalized spacial score (nSPS) is 11.3. The van der Waals surface area contributed by atoms with E-state index in [-0.39, 0.29) is 23.2 Å². The summed E-state index contributed by atoms with van der Waals surface area (Å²) in [5.74, 6) is -2.92. The standard InChI is InChI=1S/C12H11F3N2O2.C10H8BrF3N2.CH4O.CH4/c1-3-7-4-5-8-9(10(18)19-2)16-11(12(13,14)15)17(8)6-7;1-2-6-3-4-7-8(11)15-9(10(12,13)14)16(7)5-6;1-2;/h4-6H,3H2,1-2H3;3-5H,2H2,1H3;2H,1H3;1H4. The summed E-state index contributed by atoms with van der Waals surface area (Å²) in [6.45, 7) is 3.72. The van der Waals surface area contributed by atoms with Gasteiger partial charge in [0.1, 0.15) is 4.60 Å². The molecule has 4 heterocycles. The predicted octanol–water partition coefficient (Wildman–Crippen LogP) is 6.62. The minimum atomic E-state index is -4.64. The molecule has 0 amide bonds. The van der Waals surface area contributed by atoms with Gasteiger partial charge in [-0.2, -0.15) is 26.3 Å². The molecule has 4 aromatic rings. The Bertz CT molecular complexity index is 1380. The van der Waals surface area contributed by atoms with Gasteiger partial charge in [-0.15, -0.1) is 0 Å². The minimum absolute atomic E-state index is 0. The molecule has 4 aromatic heterocycles. The lowest BCUT2D eigenvalue weighted by Crippen LogP contribution is -2.11. The van der Waals surface area contributed by atoms with Crippen molar-refractivity contribution in [3.63, 3.8) is 0 Å². The third-order valence-electron chi connectivity index (χ3n) is 5.05. The van der Waals surface area contributed by atoms with Gasteiger partial charge in [-0.05, 0) is 52.0 Å². The Labute approximate surface area is 223 Å². The summed E-state index contributed by atoms with van der Waals surface area (Å²) in [5, 5.41) is 7.00. The second kappa shape index (κ2) is 13.1. The van der Waals surface area contributed by atoms with Crippen LogP contribution in [-0.2, 0) is 29.9 Å². The van der Waals surface area contributed by atoms with Gasteiger partial charge >= 0.3 is 18.3 Å². The average Bonchev–Trinajstić information content (AvgIpc) is 3.42. The van der Waals surface area contributed by atoms with Crippen LogP contribution < -0.4 is 0 Å². The number of hydrogen-bond donors (Lipinski definition) is 1. The van der Waals surface area contributed by atoms with Crippen LogP contribution in [0.25, 0.3) is 11.0 Å². The number of nitrogens with zero attached hydrogens (tertiary/aromatic N) is 4. The van der Waals surface area contributed by atoms with Crippen molar-refractivity contribution in [1.29, 1.82) is 0 Å². The second-order valence-electron chi connectivity index (χ2n) is 7.29. The molecule has 0 saturated heterocycles. The molecule has 0 bridgehead atoms. The maximum atomic E-state index is 12.9. The van der Waals surface area contributed by atoms with E-state index in [1.54, 1.807) is 18.2 Å². The molecule has 4 rings (SSSR count). The number of halogens is 7. The van der Waals surface area contributed by atoms with Gasteiger partial charge in [-0.1, -0.05) is 33.4 Å². The summed E-state index contributed by atoms with van der Waals surface area (Å²) in [7, 11) is 2.10. The summed E-state index contributed by atoms with van der Waals surface area (Å²) in [5.41, 5.74) is 1.72. The van der Waals surface area contributed by atoms with Gasteiger partial charge in [0, 0.05) is 19.5 Å². The zero-order valence-electron chi connectivity index (χ0n) is 20.1. The van der Waals surface area contributed by atoms with Gasteiger partial charge in [-0.3, -0.25) is 8.80 Å². The number of methoxy groups -OCH3 is 1. The Morgan fingerprint density at radius 3 is 1.71 bits per heavy atom. The number of aromatic nitrogens is 4. The van der Waals surface area contributed by atoms with Crippen LogP contribution in [0.4, 0.5) is 26.3 Å². The Hall–Kier alpha value is -3.13. The molecule has 14 heteroatoms. The molecule has 0 aromatic carbocycles. The number of fused-ring (bicyclic) bond motifs is 2. The predicted molar refractivity (Wildman–Crippen MR) is 133 cm³/mol. The van der Waals surface area contributed by atoms with E-state index >= 15 is 0 Å². The SMILES string of the molecule is C.CCc1ccc2c(Br)nc(C(F)(F)F)n2c1.CCc1ccc2c(C(=O)OC)nc(C(F)(F)F)n2c1.CO. The van der Waals surface area contributed by atoms with E-state index in [0.29, 0.717) is 23.9 Å². The van der Waals surface area contributed by atoms with E-state index in [2.05, 4.69) is 30.6 Å². The molecular weight excluding hydrogens is 586 g/mol. The van der Waals surface area contributed by atoms with E-state index in [1.165, 1.54) is 18.5 Å². The zero-order chi connectivity index (χ0) is 28.1. The number of aliphatic hydroxyl groups is 1. The highest BCUT2D eigenvalue weighted by molar-refractivity contribution is 9.10. The number of alkyl halides is 6. The molecule has 38 heavy (non-hydrogen) atoms. The third-order valence-corrected chi connectivity index (χ3v) is 5.64. The summed E-state index contributed by atoms with van der Waals surface area (Å²) in [6, 6.07) is 6.52. The number of imidazole rings is 2. The highest BCUT2D eigenvalue weighted by atomic mass is 79.9. The van der Waals surface area contributed by atoms with Crippen molar-refractivity contribution in [3.8, 4) is 0 Å². The molecule has 0 fully saturated rings. The lowest BCUT2D eigenvalue weighted by Gasteiger charge is -2.06. The Morgan fingerprint density at radius 2 is 1.29 bits per heavy atom. The van der Waals surface area contributed by atoms with Crippen LogP contribution in [0.1, 0.15) is 54.5 Å². The van der Waals surface area contributed by atoms with E-state index in [9.17, 15) is 31.1 Å². The Morgan fingerprint density at radius 1 is 0.868 bits per heavy atom. The van der Waals surface area contributed by atoms with Crippen molar-refractivity contribution in [2.45, 2.75) is 46.5 Å². The van der Waals surface area contributed by atoms with E-state index < -0.39 is 30.0 Å². The number of rotatable bonds is 3. The summed E-state index contributed by atoms with van der Waals surface area (Å²) in [6.07, 6.45) is -5.02. The fourth-order valence-electron chi connectivity index (χ4n) is 3.29. The van der Waals surface area contributed by atoms with Crippen LogP contribution in [0, 0.1) is 0 Å². The number of carbonyl (C=O) groups excluding carboxylic acids is 1. The monoisotopic (exact) mass is 612 g/mol. The van der Waals surface area contributed by atoms with Crippen LogP contribution in [-0.4, -0.2) is 44.1 Å². The molecule has 210 valence electrons. The number of pyridine rings is 2. The smallest absolute Gasteiger partial charge is 0.450 e. The first-order valence-corrected chi connectivity index (χ1v) is 11.5. The molecule has 0 aliphatic carbocycles. The van der Waals surface area contributed by atoms with Gasteiger partial charge in [0.2, 0.25) is 11.6 Å². The lowest BCUT2D eigenvalue weighted by atomic mass is 10.2. The maximum Gasteiger partial charge on any atom is 0.450 e. The number of esters is 1. The molecule has 0 spiro atoms. The quantitative estimate of drug-likeness (QED) is 0.208. The fourth-order valence-corrected chi connectivity index (χ4v) is 3.78. The molecule has 7 nitrogen and oxygen atoms in total. The van der Waals surface area contributed by atoms with Gasteiger partial charge in [0.25, 0.3) is 0 Å². The van der Waals surface area contributed by atoms with Gasteiger partial charge in [0.05, 0.1) is 18.1 Å². The Kier molecular flexibility index (Phi) is 11.3. The molecular formula is C24H27BrF6N4O3. The number of aliphatic hydroxyl groups excluding tert-OH is 1. The summed E-state index contributed by atoms with van der Waals surface area (Å²) in [4.78, 5) is 18.3. The maximum absolute atomic E-state index is 12.9. The Balaban J connectivity index is 0.000000352. The highest BCUT2D eigenvalue weighted by Gasteiger charge is 2.38. The summed E-state index contributed by atoms with van der Waals surface area (Å²) < 4.78 is 83.3. The van der Waals surface area contributed by atoms with Crippen LogP contribution >= 0.6 is 15.9 Å². The largest absolute Gasteiger partial charge is 0.464 e. The van der Waals surface area contributed by atoms with Crippen LogP contribution in [0.2, 0.25) is 0 Å². The molecule has 0 saturated carbocycles. The second-order valence-corrected chi connectivity index (χ2v) is 8.04. The number of aryl methyl sites for hydroxylation is 2. The average molecular weight is 613 g/mol. The van der Waals surface area contributed by atoms with E-state index in [0.717, 1.165) is 28.6 Å². The first-order chi connectivity index (χ1) is 17.3. The lowest BCUT2D eigenvalue weighted by molar-refractivity contribution is -0.146. The van der Waals surface area contributed by atoms with Gasteiger partial charge < -0.3 is 9.84 Å². The van der Waals surface area contributed by atoms with Gasteiger partial charge in [-0.25, -0.2) is 14.8 Å². The third kappa shape index (κ3) is 7.04. The number of carbonyl (C=O) groups is 1. The number of hydrogen-bond acceptors (Lipinski definition) is 5. The van der Waals surface area contributed by atoms with Crippen molar-refractivity contribution < 1.29 is 41.0 Å². The van der Waals surface area contributed by atoms with Gasteiger partial charge in [0.15, 0.2) is 5.69 Å². The first kappa shape index (κ1) is 32.9. The molecule has 0 radical (unpaired) electrons. The zero-order valence-corrected chi connectivity index (χ0v) is 21.7. The van der Waals surface area contributed by atoms with Crippen molar-refractivity contribution in [1.82, 2.24) is 18.8 Å². The van der Waals surface area contributed by atoms with Crippen LogP contribution in [0.5, 0.6) is 0 Å². The molecule has 0 atom stereocenters. The molecule has 0 aliphatic heterocycles. The van der Waals surface area contributed by atoms with E-state index in [4.69, 9.17) is 5.11 Å². The number of ether oxygens (including phenoxy) is 1. The van der Waals surface area contributed by atoms with Crippen LogP contribution in [0.15, 0.2) is 41.3 Å². The highest BCUT2D eigenvalue weighted by Crippen LogP contribution is 2.32. The van der Waals surface area contributed by atoms with Crippen molar-refractivity contribution in [3.05, 3.63) is 69.7 Å². The minimum Gasteiger partial charge on any atom is -0.464 e. The molecule has 1 N–H and O–H groups in total. The molecule has 0 unspecified atom stereocenters. The molecule has 0 aliphatic rings. The van der Waals surface area contributed by atoms with Crippen molar-refractivity contribution in [2.24, 2.45) is 0 Å². The van der Waals surface area contributed by atoms with Crippen molar-refractivity contribution in [2.75, 3.05) is 14.2 Å². The fraction of sp³-hybridized carbons (Fsp3) is 0.375. The topological polar surface area (TPSA) is 81.1 Å². The summed E-state index contributed by atoms with van der Waals surface area (Å²) >= 11 is 3.02.